The molecule has 2 aromatic rings. The molecule has 5 heteroatoms. The molecule has 0 bridgehead atoms. The second-order valence-electron chi connectivity index (χ2n) is 3.85. The van der Waals surface area contributed by atoms with Gasteiger partial charge in [-0.25, -0.2) is 9.78 Å². The first-order valence-electron chi connectivity index (χ1n) is 5.87. The summed E-state index contributed by atoms with van der Waals surface area (Å²) in [6, 6.07) is 11.1. The molecule has 2 rings (SSSR count). The summed E-state index contributed by atoms with van der Waals surface area (Å²) in [5.41, 5.74) is 0.615. The average Bonchev–Trinajstić information content (AvgIpc) is 2.47. The minimum atomic E-state index is -1.01. The summed E-state index contributed by atoms with van der Waals surface area (Å²) in [6.45, 7) is 0. The number of pyridine rings is 1. The van der Waals surface area contributed by atoms with Gasteiger partial charge in [-0.15, -0.1) is 11.8 Å². The number of aromatic nitrogens is 1. The number of carbonyl (C=O) groups is 1. The number of thioether (sulfide) groups is 1. The Morgan fingerprint density at radius 1 is 1.30 bits per heavy atom. The second kappa shape index (κ2) is 6.77. The number of rotatable bonds is 5. The molecule has 0 saturated carbocycles. The van der Waals surface area contributed by atoms with Crippen molar-refractivity contribution in [3.63, 3.8) is 0 Å². The van der Waals surface area contributed by atoms with Gasteiger partial charge in [-0.1, -0.05) is 0 Å². The standard InChI is InChI=1S/C15H13NO3S/c1-20-13-7-5-12(6-8-13)19-15-11(3-2-10-16-15)4-9-14(17)18/h2-10H,1H3,(H,17,18)/b9-4+. The molecule has 0 atom stereocenters. The van der Waals surface area contributed by atoms with Crippen LogP contribution in [0.3, 0.4) is 0 Å². The van der Waals surface area contributed by atoms with Crippen molar-refractivity contribution in [2.45, 2.75) is 4.90 Å². The van der Waals surface area contributed by atoms with Crippen LogP contribution in [0.15, 0.2) is 53.6 Å². The third kappa shape index (κ3) is 3.86. The molecule has 1 N–H and O–H groups in total. The number of ether oxygens (including phenoxy) is 1. The lowest BCUT2D eigenvalue weighted by Crippen LogP contribution is -1.92. The van der Waals surface area contributed by atoms with Gasteiger partial charge in [0.05, 0.1) is 0 Å². The number of carboxylic acids is 1. The van der Waals surface area contributed by atoms with E-state index in [-0.39, 0.29) is 0 Å². The maximum absolute atomic E-state index is 10.6. The molecule has 1 aromatic carbocycles. The fourth-order valence-electron chi connectivity index (χ4n) is 1.53. The van der Waals surface area contributed by atoms with Crippen molar-refractivity contribution in [1.82, 2.24) is 4.98 Å². The van der Waals surface area contributed by atoms with Crippen molar-refractivity contribution in [1.29, 1.82) is 0 Å². The maximum atomic E-state index is 10.6. The molecule has 0 aliphatic heterocycles. The van der Waals surface area contributed by atoms with E-state index in [0.29, 0.717) is 17.2 Å². The van der Waals surface area contributed by atoms with E-state index in [1.54, 1.807) is 30.1 Å². The van der Waals surface area contributed by atoms with Crippen LogP contribution in [0.1, 0.15) is 5.56 Å². The van der Waals surface area contributed by atoms with Crippen molar-refractivity contribution in [2.24, 2.45) is 0 Å². The van der Waals surface area contributed by atoms with Crippen LogP contribution in [0, 0.1) is 0 Å². The Morgan fingerprint density at radius 2 is 2.05 bits per heavy atom. The lowest BCUT2D eigenvalue weighted by molar-refractivity contribution is -0.131. The molecule has 0 aliphatic carbocycles. The highest BCUT2D eigenvalue weighted by Crippen LogP contribution is 2.25. The lowest BCUT2D eigenvalue weighted by atomic mass is 10.2. The summed E-state index contributed by atoms with van der Waals surface area (Å²) < 4.78 is 5.68. The minimum Gasteiger partial charge on any atom is -0.478 e. The third-order valence-corrected chi connectivity index (χ3v) is 3.22. The summed E-state index contributed by atoms with van der Waals surface area (Å²) >= 11 is 1.65. The zero-order valence-corrected chi connectivity index (χ0v) is 11.6. The zero-order valence-electron chi connectivity index (χ0n) is 10.8. The van der Waals surface area contributed by atoms with E-state index in [4.69, 9.17) is 9.84 Å². The number of hydrogen-bond acceptors (Lipinski definition) is 4. The number of nitrogens with zero attached hydrogens (tertiary/aromatic N) is 1. The molecule has 0 unspecified atom stereocenters. The topological polar surface area (TPSA) is 59.4 Å². The van der Waals surface area contributed by atoms with Gasteiger partial charge in [0.2, 0.25) is 5.88 Å². The quantitative estimate of drug-likeness (QED) is 0.671. The van der Waals surface area contributed by atoms with E-state index in [2.05, 4.69) is 4.98 Å². The van der Waals surface area contributed by atoms with Gasteiger partial charge in [0, 0.05) is 22.7 Å². The smallest absolute Gasteiger partial charge is 0.328 e. The summed E-state index contributed by atoms with van der Waals surface area (Å²) in [7, 11) is 0. The van der Waals surface area contributed by atoms with Crippen molar-refractivity contribution in [3.8, 4) is 11.6 Å². The third-order valence-electron chi connectivity index (χ3n) is 2.48. The molecular formula is C15H13NO3S. The van der Waals surface area contributed by atoms with Crippen molar-refractivity contribution in [3.05, 3.63) is 54.2 Å². The van der Waals surface area contributed by atoms with Crippen molar-refractivity contribution >= 4 is 23.8 Å². The van der Waals surface area contributed by atoms with Crippen LogP contribution < -0.4 is 4.74 Å². The Kier molecular flexibility index (Phi) is 4.79. The normalized spacial score (nSPS) is 10.7. The number of hydrogen-bond donors (Lipinski definition) is 1. The number of benzene rings is 1. The molecule has 0 saturated heterocycles. The summed E-state index contributed by atoms with van der Waals surface area (Å²) in [4.78, 5) is 15.8. The first-order valence-corrected chi connectivity index (χ1v) is 7.09. The predicted molar refractivity (Wildman–Crippen MR) is 79.2 cm³/mol. The van der Waals surface area contributed by atoms with Crippen molar-refractivity contribution in [2.75, 3.05) is 6.26 Å². The first-order chi connectivity index (χ1) is 9.69. The summed E-state index contributed by atoms with van der Waals surface area (Å²) in [6.07, 6.45) is 6.12. The average molecular weight is 287 g/mol. The predicted octanol–water partition coefficient (Wildman–Crippen LogP) is 3.69. The van der Waals surface area contributed by atoms with E-state index in [9.17, 15) is 4.79 Å². The Balaban J connectivity index is 2.21. The Labute approximate surface area is 121 Å². The molecule has 1 heterocycles. The van der Waals surface area contributed by atoms with Crippen LogP contribution in [-0.4, -0.2) is 22.3 Å². The highest BCUT2D eigenvalue weighted by Gasteiger charge is 2.04. The van der Waals surface area contributed by atoms with Crippen LogP contribution in [0.25, 0.3) is 6.08 Å². The highest BCUT2D eigenvalue weighted by molar-refractivity contribution is 7.98. The van der Waals surface area contributed by atoms with E-state index in [1.807, 2.05) is 30.5 Å². The molecule has 0 fully saturated rings. The van der Waals surface area contributed by atoms with E-state index >= 15 is 0 Å². The maximum Gasteiger partial charge on any atom is 0.328 e. The summed E-state index contributed by atoms with van der Waals surface area (Å²) in [5, 5.41) is 8.66. The molecule has 0 amide bonds. The van der Waals surface area contributed by atoms with Gasteiger partial charge < -0.3 is 9.84 Å². The van der Waals surface area contributed by atoms with Gasteiger partial charge in [0.25, 0.3) is 0 Å². The van der Waals surface area contributed by atoms with Gasteiger partial charge >= 0.3 is 5.97 Å². The zero-order chi connectivity index (χ0) is 14.4. The molecule has 0 radical (unpaired) electrons. The Bertz CT molecular complexity index is 623. The van der Waals surface area contributed by atoms with Gasteiger partial charge in [0.1, 0.15) is 5.75 Å². The molecule has 1 aromatic heterocycles. The first kappa shape index (κ1) is 14.1. The number of aliphatic carboxylic acids is 1. The number of carboxylic acid groups (broad SMARTS) is 1. The molecule has 102 valence electrons. The SMILES string of the molecule is CSc1ccc(Oc2ncccc2/C=C/C(=O)O)cc1. The van der Waals surface area contributed by atoms with Crippen LogP contribution in [0.2, 0.25) is 0 Å². The fourth-order valence-corrected chi connectivity index (χ4v) is 1.94. The largest absolute Gasteiger partial charge is 0.478 e. The van der Waals surface area contributed by atoms with Gasteiger partial charge in [0.15, 0.2) is 0 Å². The molecule has 4 nitrogen and oxygen atoms in total. The Morgan fingerprint density at radius 3 is 2.70 bits per heavy atom. The van der Waals surface area contributed by atoms with Crippen LogP contribution >= 0.6 is 11.8 Å². The highest BCUT2D eigenvalue weighted by atomic mass is 32.2. The van der Waals surface area contributed by atoms with E-state index in [0.717, 1.165) is 11.0 Å². The van der Waals surface area contributed by atoms with E-state index < -0.39 is 5.97 Å². The minimum absolute atomic E-state index is 0.377. The monoisotopic (exact) mass is 287 g/mol. The molecule has 0 spiro atoms. The van der Waals surface area contributed by atoms with Crippen LogP contribution in [0.5, 0.6) is 11.6 Å². The fraction of sp³-hybridized carbons (Fsp3) is 0.0667. The molecule has 20 heavy (non-hydrogen) atoms. The Hall–Kier alpha value is -2.27. The van der Waals surface area contributed by atoms with Gasteiger partial charge in [-0.3, -0.25) is 0 Å². The lowest BCUT2D eigenvalue weighted by Gasteiger charge is -2.07. The summed E-state index contributed by atoms with van der Waals surface area (Å²) in [5.74, 6) is 0.0255. The van der Waals surface area contributed by atoms with Gasteiger partial charge in [-0.2, -0.15) is 0 Å². The second-order valence-corrected chi connectivity index (χ2v) is 4.73. The van der Waals surface area contributed by atoms with Crippen molar-refractivity contribution < 1.29 is 14.6 Å². The van der Waals surface area contributed by atoms with Crippen LogP contribution in [0.4, 0.5) is 0 Å². The molecule has 0 aliphatic rings. The van der Waals surface area contributed by atoms with Gasteiger partial charge in [-0.05, 0) is 48.7 Å². The van der Waals surface area contributed by atoms with E-state index in [1.165, 1.54) is 6.08 Å². The van der Waals surface area contributed by atoms with Crippen LogP contribution in [-0.2, 0) is 4.79 Å². The molecular weight excluding hydrogens is 274 g/mol.